The van der Waals surface area contributed by atoms with Crippen LogP contribution in [0.1, 0.15) is 11.3 Å². The topological polar surface area (TPSA) is 86.2 Å². The van der Waals surface area contributed by atoms with Gasteiger partial charge in [-0.2, -0.15) is 0 Å². The molecule has 0 saturated heterocycles. The molecule has 0 aliphatic heterocycles. The monoisotopic (exact) mass is 283 g/mol. The molecule has 0 amide bonds. The Morgan fingerprint density at radius 1 is 1.05 bits per heavy atom. The summed E-state index contributed by atoms with van der Waals surface area (Å²) in [6.45, 7) is 0. The fourth-order valence-corrected chi connectivity index (χ4v) is 2.24. The van der Waals surface area contributed by atoms with E-state index in [1.54, 1.807) is 0 Å². The first-order valence-electron chi connectivity index (χ1n) is 6.38. The van der Waals surface area contributed by atoms with E-state index in [0.717, 1.165) is 11.0 Å². The number of hydrogen-bond donors (Lipinski definition) is 3. The van der Waals surface area contributed by atoms with E-state index in [4.69, 9.17) is 4.42 Å². The summed E-state index contributed by atoms with van der Waals surface area (Å²) in [4.78, 5) is 0. The number of rotatable bonds is 3. The Morgan fingerprint density at radius 2 is 1.86 bits per heavy atom. The predicted octanol–water partition coefficient (Wildman–Crippen LogP) is 3.27. The van der Waals surface area contributed by atoms with E-state index in [2.05, 4.69) is 5.16 Å². The fraction of sp³-hybridized carbons (Fsp3) is 0.0625. The minimum Gasteiger partial charge on any atom is -0.508 e. The van der Waals surface area contributed by atoms with Gasteiger partial charge in [0.15, 0.2) is 0 Å². The van der Waals surface area contributed by atoms with Crippen LogP contribution in [0.5, 0.6) is 11.5 Å². The SMILES string of the molecule is O/N=C(/Cc1cc2ccccc2o1)c1ccc(O)cc1O. The molecule has 3 aromatic rings. The minimum absolute atomic E-state index is 0.0581. The maximum Gasteiger partial charge on any atom is 0.134 e. The van der Waals surface area contributed by atoms with Crippen molar-refractivity contribution in [2.75, 3.05) is 0 Å². The van der Waals surface area contributed by atoms with Gasteiger partial charge in [0.2, 0.25) is 0 Å². The van der Waals surface area contributed by atoms with Crippen molar-refractivity contribution in [3.05, 3.63) is 59.9 Å². The van der Waals surface area contributed by atoms with Crippen molar-refractivity contribution in [1.29, 1.82) is 0 Å². The molecule has 0 saturated carbocycles. The zero-order valence-corrected chi connectivity index (χ0v) is 11.0. The van der Waals surface area contributed by atoms with Crippen LogP contribution in [0.2, 0.25) is 0 Å². The minimum atomic E-state index is -0.154. The molecule has 0 bridgehead atoms. The van der Waals surface area contributed by atoms with Crippen LogP contribution < -0.4 is 0 Å². The molecule has 1 aromatic heterocycles. The second kappa shape index (κ2) is 5.20. The first-order chi connectivity index (χ1) is 10.2. The summed E-state index contributed by atoms with van der Waals surface area (Å²) in [5.74, 6) is 0.410. The van der Waals surface area contributed by atoms with Gasteiger partial charge < -0.3 is 19.8 Å². The molecular formula is C16H13NO4. The second-order valence-electron chi connectivity index (χ2n) is 4.68. The van der Waals surface area contributed by atoms with Gasteiger partial charge in [-0.25, -0.2) is 0 Å². The summed E-state index contributed by atoms with van der Waals surface area (Å²) < 4.78 is 5.66. The van der Waals surface area contributed by atoms with E-state index >= 15 is 0 Å². The highest BCUT2D eigenvalue weighted by Gasteiger charge is 2.14. The maximum atomic E-state index is 9.83. The lowest BCUT2D eigenvalue weighted by Crippen LogP contribution is -2.05. The number of aromatic hydroxyl groups is 2. The van der Waals surface area contributed by atoms with Crippen molar-refractivity contribution in [2.24, 2.45) is 5.16 Å². The number of fused-ring (bicyclic) bond motifs is 1. The van der Waals surface area contributed by atoms with Crippen LogP contribution in [0.3, 0.4) is 0 Å². The number of benzene rings is 2. The molecule has 5 nitrogen and oxygen atoms in total. The van der Waals surface area contributed by atoms with Gasteiger partial charge in [-0.1, -0.05) is 23.4 Å². The number of para-hydroxylation sites is 1. The van der Waals surface area contributed by atoms with Crippen molar-refractivity contribution in [3.8, 4) is 11.5 Å². The highest BCUT2D eigenvalue weighted by molar-refractivity contribution is 6.03. The van der Waals surface area contributed by atoms with E-state index < -0.39 is 0 Å². The van der Waals surface area contributed by atoms with Crippen molar-refractivity contribution >= 4 is 16.7 Å². The Hall–Kier alpha value is -2.95. The third-order valence-electron chi connectivity index (χ3n) is 3.23. The molecule has 0 radical (unpaired) electrons. The van der Waals surface area contributed by atoms with E-state index in [9.17, 15) is 15.4 Å². The molecule has 0 unspecified atom stereocenters. The summed E-state index contributed by atoms with van der Waals surface area (Å²) in [6.07, 6.45) is 0.226. The zero-order chi connectivity index (χ0) is 14.8. The molecule has 0 aliphatic rings. The van der Waals surface area contributed by atoms with Crippen LogP contribution in [0.4, 0.5) is 0 Å². The molecule has 5 heteroatoms. The third-order valence-corrected chi connectivity index (χ3v) is 3.23. The zero-order valence-electron chi connectivity index (χ0n) is 11.0. The van der Waals surface area contributed by atoms with E-state index in [-0.39, 0.29) is 23.6 Å². The summed E-state index contributed by atoms with van der Waals surface area (Å²) >= 11 is 0. The van der Waals surface area contributed by atoms with Crippen LogP contribution >= 0.6 is 0 Å². The van der Waals surface area contributed by atoms with Crippen LogP contribution in [0.15, 0.2) is 58.1 Å². The number of phenolic OH excluding ortho intramolecular Hbond substituents is 2. The molecule has 0 fully saturated rings. The smallest absolute Gasteiger partial charge is 0.134 e. The molecule has 3 N–H and O–H groups in total. The molecular weight excluding hydrogens is 270 g/mol. The molecule has 0 atom stereocenters. The van der Waals surface area contributed by atoms with E-state index in [1.165, 1.54) is 18.2 Å². The highest BCUT2D eigenvalue weighted by Crippen LogP contribution is 2.26. The van der Waals surface area contributed by atoms with E-state index in [1.807, 2.05) is 30.3 Å². The summed E-state index contributed by atoms with van der Waals surface area (Å²) in [5, 5.41) is 32.5. The molecule has 0 spiro atoms. The molecule has 2 aromatic carbocycles. The van der Waals surface area contributed by atoms with Crippen molar-refractivity contribution in [3.63, 3.8) is 0 Å². The number of hydrogen-bond acceptors (Lipinski definition) is 5. The lowest BCUT2D eigenvalue weighted by Gasteiger charge is -2.06. The highest BCUT2D eigenvalue weighted by atomic mass is 16.4. The van der Waals surface area contributed by atoms with Gasteiger partial charge in [0.1, 0.15) is 22.8 Å². The van der Waals surface area contributed by atoms with Gasteiger partial charge in [0.05, 0.1) is 12.1 Å². The van der Waals surface area contributed by atoms with Crippen molar-refractivity contribution in [2.45, 2.75) is 6.42 Å². The Labute approximate surface area is 120 Å². The molecule has 3 rings (SSSR count). The van der Waals surface area contributed by atoms with Gasteiger partial charge >= 0.3 is 0 Å². The first-order valence-corrected chi connectivity index (χ1v) is 6.38. The molecule has 106 valence electrons. The average molecular weight is 283 g/mol. The lowest BCUT2D eigenvalue weighted by atomic mass is 10.0. The van der Waals surface area contributed by atoms with Crippen LogP contribution in [-0.2, 0) is 6.42 Å². The predicted molar refractivity (Wildman–Crippen MR) is 78.0 cm³/mol. The van der Waals surface area contributed by atoms with Crippen molar-refractivity contribution in [1.82, 2.24) is 0 Å². The normalized spacial score (nSPS) is 11.9. The number of nitrogens with zero attached hydrogens (tertiary/aromatic N) is 1. The van der Waals surface area contributed by atoms with Gasteiger partial charge in [-0.15, -0.1) is 0 Å². The third kappa shape index (κ3) is 2.53. The first kappa shape index (κ1) is 13.1. The van der Waals surface area contributed by atoms with Crippen molar-refractivity contribution < 1.29 is 19.8 Å². The average Bonchev–Trinajstić information content (AvgIpc) is 2.87. The van der Waals surface area contributed by atoms with Gasteiger partial charge in [-0.05, 0) is 24.3 Å². The Bertz CT molecular complexity index is 787. The number of oxime groups is 1. The Kier molecular flexibility index (Phi) is 3.23. The van der Waals surface area contributed by atoms with Crippen LogP contribution in [0, 0.1) is 0 Å². The standard InChI is InChI=1S/C16H13NO4/c18-11-5-6-13(15(19)8-11)14(17-20)9-12-7-10-3-1-2-4-16(10)21-12/h1-8,18-20H,9H2/b17-14-. The summed E-state index contributed by atoms with van der Waals surface area (Å²) in [5.41, 5.74) is 1.35. The van der Waals surface area contributed by atoms with Gasteiger partial charge in [-0.3, -0.25) is 0 Å². The summed E-state index contributed by atoms with van der Waals surface area (Å²) in [7, 11) is 0. The number of furan rings is 1. The maximum absolute atomic E-state index is 9.83. The fourth-order valence-electron chi connectivity index (χ4n) is 2.24. The van der Waals surface area contributed by atoms with Crippen LogP contribution in [-0.4, -0.2) is 21.1 Å². The molecule has 1 heterocycles. The van der Waals surface area contributed by atoms with Crippen LogP contribution in [0.25, 0.3) is 11.0 Å². The lowest BCUT2D eigenvalue weighted by molar-refractivity contribution is 0.317. The number of phenols is 2. The Morgan fingerprint density at radius 3 is 2.57 bits per heavy atom. The largest absolute Gasteiger partial charge is 0.508 e. The van der Waals surface area contributed by atoms with Gasteiger partial charge in [0.25, 0.3) is 0 Å². The quantitative estimate of drug-likeness (QED) is 0.391. The van der Waals surface area contributed by atoms with E-state index in [0.29, 0.717) is 11.3 Å². The second-order valence-corrected chi connectivity index (χ2v) is 4.68. The molecule has 21 heavy (non-hydrogen) atoms. The van der Waals surface area contributed by atoms with Gasteiger partial charge in [0, 0.05) is 17.0 Å². The Balaban J connectivity index is 1.94. The summed E-state index contributed by atoms with van der Waals surface area (Å²) in [6, 6.07) is 13.5. The molecule has 0 aliphatic carbocycles.